The van der Waals surface area contributed by atoms with E-state index in [0.29, 0.717) is 33.2 Å². The van der Waals surface area contributed by atoms with Gasteiger partial charge in [-0.15, -0.1) is 0 Å². The van der Waals surface area contributed by atoms with Crippen molar-refractivity contribution in [3.63, 3.8) is 0 Å². The lowest BCUT2D eigenvalue weighted by Gasteiger charge is -2.43. The van der Waals surface area contributed by atoms with Crippen molar-refractivity contribution in [2.24, 2.45) is 0 Å². The van der Waals surface area contributed by atoms with Gasteiger partial charge in [0.25, 0.3) is 25.0 Å². The summed E-state index contributed by atoms with van der Waals surface area (Å²) in [6.45, 7) is 37.2. The Bertz CT molecular complexity index is 1290. The fourth-order valence-electron chi connectivity index (χ4n) is 9.43. The molecule has 2 aromatic carbocycles. The van der Waals surface area contributed by atoms with Gasteiger partial charge in [0.2, 0.25) is 0 Å². The molecule has 0 saturated carbocycles. The predicted molar refractivity (Wildman–Crippen MR) is 225 cm³/mol. The van der Waals surface area contributed by atoms with Crippen LogP contribution in [0.15, 0.2) is 72.8 Å². The van der Waals surface area contributed by atoms with Crippen molar-refractivity contribution in [1.29, 1.82) is 0 Å². The van der Waals surface area contributed by atoms with Crippen molar-refractivity contribution >= 4 is 35.3 Å². The molecule has 0 amide bonds. The molecule has 0 aliphatic carbocycles. The average Bonchev–Trinajstić information content (AvgIpc) is 3.41. The molecule has 50 heavy (non-hydrogen) atoms. The van der Waals surface area contributed by atoms with E-state index in [2.05, 4.69) is 181 Å². The SMILES string of the molecule is CC(C)[Si](Oc1ccc(O[Si](C(C)C)(C(C)C)C(C)C)n1CCCCCO[Si](c1ccccc1)(c1ccccc1)C(C)(C)C)(C(C)C)C(C)C. The van der Waals surface area contributed by atoms with Crippen molar-refractivity contribution in [3.8, 4) is 11.8 Å². The fraction of sp³-hybridized carbons (Fsp3) is 0.628. The summed E-state index contributed by atoms with van der Waals surface area (Å²) in [5.41, 5.74) is 3.02. The molecule has 3 rings (SSSR count). The fourth-order valence-corrected chi connectivity index (χ4v) is 24.5. The third kappa shape index (κ3) is 8.58. The Kier molecular flexibility index (Phi) is 14.9. The summed E-state index contributed by atoms with van der Waals surface area (Å²) in [6, 6.07) is 26.4. The van der Waals surface area contributed by atoms with Gasteiger partial charge >= 0.3 is 0 Å². The zero-order valence-electron chi connectivity index (χ0n) is 34.6. The second-order valence-corrected chi connectivity index (χ2v) is 32.6. The Balaban J connectivity index is 1.91. The van der Waals surface area contributed by atoms with Crippen molar-refractivity contribution < 1.29 is 13.3 Å². The maximum Gasteiger partial charge on any atom is 0.261 e. The molecule has 280 valence electrons. The summed E-state index contributed by atoms with van der Waals surface area (Å²) in [5.74, 6) is 2.01. The maximum absolute atomic E-state index is 7.37. The van der Waals surface area contributed by atoms with Crippen LogP contribution in [0.2, 0.25) is 38.3 Å². The van der Waals surface area contributed by atoms with E-state index < -0.39 is 25.0 Å². The molecular formula is C43H73NO3Si3. The maximum atomic E-state index is 7.37. The highest BCUT2D eigenvalue weighted by Gasteiger charge is 2.51. The van der Waals surface area contributed by atoms with Crippen LogP contribution in [-0.4, -0.2) is 36.1 Å². The van der Waals surface area contributed by atoms with E-state index in [1.54, 1.807) is 0 Å². The Hall–Kier alpha value is -2.07. The van der Waals surface area contributed by atoms with E-state index in [1.165, 1.54) is 10.4 Å². The number of benzene rings is 2. The van der Waals surface area contributed by atoms with Crippen LogP contribution in [0.3, 0.4) is 0 Å². The van der Waals surface area contributed by atoms with E-state index in [1.807, 2.05) is 0 Å². The van der Waals surface area contributed by atoms with Crippen LogP contribution in [0, 0.1) is 0 Å². The number of nitrogens with zero attached hydrogens (tertiary/aromatic N) is 1. The van der Waals surface area contributed by atoms with E-state index >= 15 is 0 Å². The molecule has 0 bridgehead atoms. The van der Waals surface area contributed by atoms with E-state index in [4.69, 9.17) is 13.3 Å². The average molecular weight is 736 g/mol. The van der Waals surface area contributed by atoms with Crippen LogP contribution in [0.25, 0.3) is 0 Å². The standard InChI is InChI=1S/C43H73NO3Si3/c1-33(2)48(34(3)4,35(5)6)46-41-29-30-42(47-49(36(7)8,37(9)10)38(11)12)44(41)31-23-18-24-32-45-50(43(13,14)15,39-25-19-16-20-26-39)40-27-21-17-22-28-40/h16-17,19-22,25-30,33-38H,18,23-24,31-32H2,1-15H3. The number of unbranched alkanes of at least 4 members (excludes halogenated alkanes) is 2. The highest BCUT2D eigenvalue weighted by molar-refractivity contribution is 6.99. The molecule has 4 nitrogen and oxygen atoms in total. The van der Waals surface area contributed by atoms with Gasteiger partial charge in [-0.3, -0.25) is 4.57 Å². The molecule has 0 aliphatic rings. The number of aromatic nitrogens is 1. The molecule has 0 radical (unpaired) electrons. The molecule has 0 spiro atoms. The van der Waals surface area contributed by atoms with Gasteiger partial charge in [0.1, 0.15) is 0 Å². The van der Waals surface area contributed by atoms with Crippen molar-refractivity contribution in [1.82, 2.24) is 4.57 Å². The minimum Gasteiger partial charge on any atom is -0.531 e. The largest absolute Gasteiger partial charge is 0.531 e. The smallest absolute Gasteiger partial charge is 0.261 e. The van der Waals surface area contributed by atoms with Crippen molar-refractivity contribution in [2.75, 3.05) is 6.61 Å². The van der Waals surface area contributed by atoms with Gasteiger partial charge < -0.3 is 13.3 Å². The van der Waals surface area contributed by atoms with Crippen LogP contribution in [0.4, 0.5) is 0 Å². The first-order chi connectivity index (χ1) is 23.4. The highest BCUT2D eigenvalue weighted by atomic mass is 28.4. The first-order valence-corrected chi connectivity index (χ1v) is 25.9. The first kappa shape index (κ1) is 42.3. The molecule has 3 aromatic rings. The monoisotopic (exact) mass is 735 g/mol. The molecular weight excluding hydrogens is 663 g/mol. The van der Waals surface area contributed by atoms with Gasteiger partial charge in [-0.25, -0.2) is 0 Å². The molecule has 1 heterocycles. The minimum absolute atomic E-state index is 0.0153. The van der Waals surface area contributed by atoms with Gasteiger partial charge in [-0.1, -0.05) is 165 Å². The molecule has 0 saturated heterocycles. The number of hydrogen-bond donors (Lipinski definition) is 0. The molecule has 0 fully saturated rings. The third-order valence-electron chi connectivity index (χ3n) is 11.6. The number of hydrogen-bond acceptors (Lipinski definition) is 3. The van der Waals surface area contributed by atoms with Crippen LogP contribution < -0.4 is 19.2 Å². The summed E-state index contributed by atoms with van der Waals surface area (Å²) in [7, 11) is -6.84. The Morgan fingerprint density at radius 2 is 0.860 bits per heavy atom. The zero-order valence-corrected chi connectivity index (χ0v) is 37.6. The molecule has 0 unspecified atom stereocenters. The van der Waals surface area contributed by atoms with Crippen molar-refractivity contribution in [2.45, 2.75) is 168 Å². The summed E-state index contributed by atoms with van der Waals surface area (Å²) >= 11 is 0. The zero-order chi connectivity index (χ0) is 37.5. The van der Waals surface area contributed by atoms with Crippen LogP contribution in [0.5, 0.6) is 11.8 Å². The minimum atomic E-state index is -2.54. The van der Waals surface area contributed by atoms with Crippen LogP contribution >= 0.6 is 0 Å². The van der Waals surface area contributed by atoms with E-state index in [0.717, 1.165) is 44.2 Å². The van der Waals surface area contributed by atoms with Gasteiger partial charge in [-0.2, -0.15) is 0 Å². The number of rotatable bonds is 19. The molecule has 1 aromatic heterocycles. The normalized spacial score (nSPS) is 13.5. The second kappa shape index (κ2) is 17.6. The second-order valence-electron chi connectivity index (χ2n) is 17.6. The van der Waals surface area contributed by atoms with Crippen LogP contribution in [-0.2, 0) is 11.0 Å². The highest BCUT2D eigenvalue weighted by Crippen LogP contribution is 2.46. The molecule has 0 atom stereocenters. The lowest BCUT2D eigenvalue weighted by Crippen LogP contribution is -2.66. The summed E-state index contributed by atoms with van der Waals surface area (Å²) < 4.78 is 24.4. The van der Waals surface area contributed by atoms with E-state index in [9.17, 15) is 0 Å². The summed E-state index contributed by atoms with van der Waals surface area (Å²) in [4.78, 5) is 0. The summed E-state index contributed by atoms with van der Waals surface area (Å²) in [6.07, 6.45) is 3.14. The Morgan fingerprint density at radius 1 is 0.500 bits per heavy atom. The third-order valence-corrected chi connectivity index (χ3v) is 28.6. The molecule has 0 aliphatic heterocycles. The van der Waals surface area contributed by atoms with Gasteiger partial charge in [0.15, 0.2) is 11.8 Å². The van der Waals surface area contributed by atoms with Crippen molar-refractivity contribution in [3.05, 3.63) is 72.8 Å². The predicted octanol–water partition coefficient (Wildman–Crippen LogP) is 12.3. The quantitative estimate of drug-likeness (QED) is 0.0908. The lowest BCUT2D eigenvalue weighted by atomic mass is 10.2. The van der Waals surface area contributed by atoms with Gasteiger partial charge in [0.05, 0.1) is 0 Å². The summed E-state index contributed by atoms with van der Waals surface area (Å²) in [5, 5.41) is 2.67. The molecule has 7 heteroatoms. The Morgan fingerprint density at radius 3 is 1.18 bits per heavy atom. The van der Waals surface area contributed by atoms with E-state index in [-0.39, 0.29) is 5.04 Å². The first-order valence-electron chi connectivity index (χ1n) is 19.7. The molecule has 0 N–H and O–H groups in total. The topological polar surface area (TPSA) is 32.6 Å². The lowest BCUT2D eigenvalue weighted by molar-refractivity contribution is 0.285. The van der Waals surface area contributed by atoms with Gasteiger partial charge in [0, 0.05) is 25.3 Å². The van der Waals surface area contributed by atoms with Gasteiger partial charge in [-0.05, 0) is 67.9 Å². The van der Waals surface area contributed by atoms with Crippen LogP contribution in [0.1, 0.15) is 123 Å². The Labute approximate surface area is 311 Å².